The van der Waals surface area contributed by atoms with E-state index in [0.29, 0.717) is 18.3 Å². The van der Waals surface area contributed by atoms with Gasteiger partial charge in [-0.3, -0.25) is 0 Å². The van der Waals surface area contributed by atoms with Crippen molar-refractivity contribution in [2.75, 3.05) is 11.3 Å². The van der Waals surface area contributed by atoms with Crippen molar-refractivity contribution >= 4 is 16.0 Å². The lowest BCUT2D eigenvalue weighted by molar-refractivity contribution is 0.280. The Bertz CT molecular complexity index is 847. The molecule has 1 aromatic carbocycles. The van der Waals surface area contributed by atoms with Gasteiger partial charge in [-0.2, -0.15) is 0 Å². The average molecular weight is 331 g/mol. The molecule has 2 aromatic rings. The van der Waals surface area contributed by atoms with Crippen molar-refractivity contribution in [1.82, 2.24) is 9.97 Å². The van der Waals surface area contributed by atoms with E-state index in [2.05, 4.69) is 14.7 Å². The first-order valence-electron chi connectivity index (χ1n) is 7.74. The maximum Gasteiger partial charge on any atom is 0.267 e. The standard InChI is InChI=1S/C16H17N3O3S/c20-23(21,14-5-1-3-12-4-2-10-22-15(12)14)19-16-17-9-8-13(18-16)11-6-7-11/h1,3,5,8-9,11H,2,4,6-7,10H2,(H,17,18,19). The van der Waals surface area contributed by atoms with Crippen molar-refractivity contribution in [2.24, 2.45) is 0 Å². The molecule has 2 heterocycles. The molecular weight excluding hydrogens is 314 g/mol. The SMILES string of the molecule is O=S(=O)(Nc1nccc(C2CC2)n1)c1cccc2c1OCCC2. The molecule has 0 amide bonds. The molecule has 7 heteroatoms. The molecule has 0 unspecified atom stereocenters. The molecular formula is C16H17N3O3S. The maximum atomic E-state index is 12.7. The number of para-hydroxylation sites is 1. The number of nitrogens with one attached hydrogen (secondary N) is 1. The first-order chi connectivity index (χ1) is 11.1. The van der Waals surface area contributed by atoms with Crippen molar-refractivity contribution < 1.29 is 13.2 Å². The van der Waals surface area contributed by atoms with E-state index in [1.165, 1.54) is 0 Å². The number of rotatable bonds is 4. The van der Waals surface area contributed by atoms with Gasteiger partial charge in [0.15, 0.2) is 0 Å². The fourth-order valence-electron chi connectivity index (χ4n) is 2.77. The number of hydrogen-bond donors (Lipinski definition) is 1. The number of hydrogen-bond acceptors (Lipinski definition) is 5. The first-order valence-corrected chi connectivity index (χ1v) is 9.22. The highest BCUT2D eigenvalue weighted by Gasteiger charge is 2.27. The number of anilines is 1. The summed E-state index contributed by atoms with van der Waals surface area (Å²) in [5.74, 6) is 1.00. The largest absolute Gasteiger partial charge is 0.492 e. The summed E-state index contributed by atoms with van der Waals surface area (Å²) >= 11 is 0. The van der Waals surface area contributed by atoms with Gasteiger partial charge in [-0.05, 0) is 43.4 Å². The molecule has 0 spiro atoms. The zero-order valence-electron chi connectivity index (χ0n) is 12.5. The zero-order valence-corrected chi connectivity index (χ0v) is 13.3. The van der Waals surface area contributed by atoms with Crippen LogP contribution in [0.2, 0.25) is 0 Å². The molecule has 0 bridgehead atoms. The fraction of sp³-hybridized carbons (Fsp3) is 0.375. The van der Waals surface area contributed by atoms with Crippen molar-refractivity contribution in [2.45, 2.75) is 36.5 Å². The molecule has 1 aliphatic heterocycles. The molecule has 120 valence electrons. The van der Waals surface area contributed by atoms with Crippen LogP contribution >= 0.6 is 0 Å². The van der Waals surface area contributed by atoms with Crippen LogP contribution in [0.25, 0.3) is 0 Å². The van der Waals surface area contributed by atoms with Crippen LogP contribution in [0.5, 0.6) is 5.75 Å². The van der Waals surface area contributed by atoms with Crippen molar-refractivity contribution in [3.05, 3.63) is 41.7 Å². The Hall–Kier alpha value is -2.15. The van der Waals surface area contributed by atoms with E-state index in [1.54, 1.807) is 18.3 Å². The predicted octanol–water partition coefficient (Wildman–Crippen LogP) is 2.48. The average Bonchev–Trinajstić information content (AvgIpc) is 3.39. The highest BCUT2D eigenvalue weighted by molar-refractivity contribution is 7.92. The van der Waals surface area contributed by atoms with Gasteiger partial charge in [-0.15, -0.1) is 0 Å². The van der Waals surface area contributed by atoms with Gasteiger partial charge in [0.1, 0.15) is 10.6 Å². The van der Waals surface area contributed by atoms with E-state index in [4.69, 9.17) is 4.74 Å². The number of aryl methyl sites for hydroxylation is 1. The van der Waals surface area contributed by atoms with Crippen molar-refractivity contribution in [3.8, 4) is 5.75 Å². The van der Waals surface area contributed by atoms with E-state index in [1.807, 2.05) is 12.1 Å². The summed E-state index contributed by atoms with van der Waals surface area (Å²) in [6.45, 7) is 0.535. The molecule has 0 radical (unpaired) electrons. The van der Waals surface area contributed by atoms with Gasteiger partial charge in [0, 0.05) is 17.8 Å². The van der Waals surface area contributed by atoms with Crippen LogP contribution in [0.4, 0.5) is 5.95 Å². The third kappa shape index (κ3) is 2.88. The summed E-state index contributed by atoms with van der Waals surface area (Å²) in [6, 6.07) is 7.03. The number of nitrogens with zero attached hydrogens (tertiary/aromatic N) is 2. The van der Waals surface area contributed by atoms with Gasteiger partial charge in [0.25, 0.3) is 10.0 Å². The van der Waals surface area contributed by atoms with Crippen LogP contribution < -0.4 is 9.46 Å². The summed E-state index contributed by atoms with van der Waals surface area (Å²) in [7, 11) is -3.78. The van der Waals surface area contributed by atoms with E-state index in [-0.39, 0.29) is 10.8 Å². The third-order valence-electron chi connectivity index (χ3n) is 4.09. The van der Waals surface area contributed by atoms with Crippen molar-refractivity contribution in [3.63, 3.8) is 0 Å². The Morgan fingerprint density at radius 1 is 1.22 bits per heavy atom. The van der Waals surface area contributed by atoms with Crippen molar-refractivity contribution in [1.29, 1.82) is 0 Å². The van der Waals surface area contributed by atoms with Gasteiger partial charge < -0.3 is 4.74 Å². The summed E-state index contributed by atoms with van der Waals surface area (Å²) in [5, 5.41) is 0. The second-order valence-corrected chi connectivity index (χ2v) is 7.53. The Morgan fingerprint density at radius 2 is 2.09 bits per heavy atom. The van der Waals surface area contributed by atoms with E-state index in [0.717, 1.165) is 36.9 Å². The topological polar surface area (TPSA) is 81.2 Å². The molecule has 1 aliphatic carbocycles. The van der Waals surface area contributed by atoms with E-state index < -0.39 is 10.0 Å². The normalized spacial score (nSPS) is 17.2. The lowest BCUT2D eigenvalue weighted by Crippen LogP contribution is -2.19. The van der Waals surface area contributed by atoms with Crippen LogP contribution in [0.15, 0.2) is 35.4 Å². The number of sulfonamides is 1. The molecule has 4 rings (SSSR count). The molecule has 2 aliphatic rings. The molecule has 0 atom stereocenters. The molecule has 0 saturated heterocycles. The van der Waals surface area contributed by atoms with Gasteiger partial charge >= 0.3 is 0 Å². The van der Waals surface area contributed by atoms with E-state index in [9.17, 15) is 8.42 Å². The number of ether oxygens (including phenoxy) is 1. The van der Waals surface area contributed by atoms with Gasteiger partial charge in [0.05, 0.1) is 6.61 Å². The second-order valence-electron chi connectivity index (χ2n) is 5.88. The van der Waals surface area contributed by atoms with E-state index >= 15 is 0 Å². The number of aromatic nitrogens is 2. The Labute approximate surface area is 135 Å². The first kappa shape index (κ1) is 14.4. The third-order valence-corrected chi connectivity index (χ3v) is 5.44. The van der Waals surface area contributed by atoms with Crippen LogP contribution in [0.1, 0.15) is 36.4 Å². The van der Waals surface area contributed by atoms with Gasteiger partial charge in [-0.1, -0.05) is 12.1 Å². The predicted molar refractivity (Wildman–Crippen MR) is 85.1 cm³/mol. The highest BCUT2D eigenvalue weighted by Crippen LogP contribution is 2.39. The number of benzene rings is 1. The molecule has 1 aromatic heterocycles. The summed E-state index contributed by atoms with van der Waals surface area (Å²) in [6.07, 6.45) is 5.52. The zero-order chi connectivity index (χ0) is 15.9. The Kier molecular flexibility index (Phi) is 3.45. The Morgan fingerprint density at radius 3 is 2.91 bits per heavy atom. The lowest BCUT2D eigenvalue weighted by atomic mass is 10.1. The monoisotopic (exact) mass is 331 g/mol. The minimum absolute atomic E-state index is 0.114. The van der Waals surface area contributed by atoms with Gasteiger partial charge in [0.2, 0.25) is 5.95 Å². The van der Waals surface area contributed by atoms with Crippen LogP contribution in [0.3, 0.4) is 0 Å². The molecule has 23 heavy (non-hydrogen) atoms. The molecule has 1 saturated carbocycles. The molecule has 1 fully saturated rings. The Balaban J connectivity index is 1.67. The number of fused-ring (bicyclic) bond motifs is 1. The summed E-state index contributed by atoms with van der Waals surface area (Å²) < 4.78 is 33.5. The minimum Gasteiger partial charge on any atom is -0.492 e. The molecule has 6 nitrogen and oxygen atoms in total. The van der Waals surface area contributed by atoms with Crippen LogP contribution in [-0.4, -0.2) is 25.0 Å². The minimum atomic E-state index is -3.78. The lowest BCUT2D eigenvalue weighted by Gasteiger charge is -2.20. The fourth-order valence-corrected chi connectivity index (χ4v) is 3.91. The highest BCUT2D eigenvalue weighted by atomic mass is 32.2. The van der Waals surface area contributed by atoms with Gasteiger partial charge in [-0.25, -0.2) is 23.1 Å². The molecule has 1 N–H and O–H groups in total. The van der Waals surface area contributed by atoms with Crippen LogP contribution in [0, 0.1) is 0 Å². The summed E-state index contributed by atoms with van der Waals surface area (Å²) in [4.78, 5) is 8.49. The smallest absolute Gasteiger partial charge is 0.267 e. The maximum absolute atomic E-state index is 12.7. The second kappa shape index (κ2) is 5.49. The quantitative estimate of drug-likeness (QED) is 0.931. The summed E-state index contributed by atoms with van der Waals surface area (Å²) in [5.41, 5.74) is 1.82. The van der Waals surface area contributed by atoms with Crippen LogP contribution in [-0.2, 0) is 16.4 Å².